The Morgan fingerprint density at radius 3 is 2.47 bits per heavy atom. The number of thiophene rings is 1. The van der Waals surface area contributed by atoms with Crippen molar-refractivity contribution >= 4 is 23.2 Å². The number of carbonyl (C=O) groups excluding carboxylic acids is 1. The Labute approximate surface area is 92.1 Å². The van der Waals surface area contributed by atoms with E-state index in [0.717, 1.165) is 10.4 Å². The standard InChI is InChI=1S/C10H13NO3S/c1-6-4-8(15-7(6)2)10(14)11(3)5-9(12)13/h4H,5H2,1-3H3,(H,12,13). The Balaban J connectivity index is 2.80. The molecule has 1 aromatic rings. The minimum Gasteiger partial charge on any atom is -0.480 e. The first-order valence-electron chi connectivity index (χ1n) is 4.46. The number of carboxylic acids is 1. The number of likely N-dealkylation sites (N-methyl/N-ethyl adjacent to an activating group) is 1. The molecule has 1 amide bonds. The summed E-state index contributed by atoms with van der Waals surface area (Å²) in [5, 5.41) is 8.55. The molecule has 0 saturated carbocycles. The summed E-state index contributed by atoms with van der Waals surface area (Å²) in [5.74, 6) is -1.24. The van der Waals surface area contributed by atoms with Crippen LogP contribution in [-0.2, 0) is 4.79 Å². The second-order valence-corrected chi connectivity index (χ2v) is 4.66. The largest absolute Gasteiger partial charge is 0.480 e. The minimum absolute atomic E-state index is 0.237. The monoisotopic (exact) mass is 227 g/mol. The lowest BCUT2D eigenvalue weighted by Crippen LogP contribution is -2.31. The summed E-state index contributed by atoms with van der Waals surface area (Å²) < 4.78 is 0. The van der Waals surface area contributed by atoms with E-state index in [2.05, 4.69) is 0 Å². The molecule has 1 rings (SSSR count). The number of carbonyl (C=O) groups is 2. The second kappa shape index (κ2) is 4.44. The predicted molar refractivity (Wildman–Crippen MR) is 58.4 cm³/mol. The van der Waals surface area contributed by atoms with E-state index in [9.17, 15) is 9.59 Å². The summed E-state index contributed by atoms with van der Waals surface area (Å²) in [6.07, 6.45) is 0. The topological polar surface area (TPSA) is 57.6 Å². The van der Waals surface area contributed by atoms with E-state index >= 15 is 0 Å². The Bertz CT molecular complexity index is 378. The molecule has 15 heavy (non-hydrogen) atoms. The number of aryl methyl sites for hydroxylation is 2. The van der Waals surface area contributed by atoms with Crippen LogP contribution in [0.25, 0.3) is 0 Å². The van der Waals surface area contributed by atoms with Gasteiger partial charge in [-0.2, -0.15) is 0 Å². The van der Waals surface area contributed by atoms with Crippen LogP contribution in [0.1, 0.15) is 20.1 Å². The molecule has 0 aliphatic carbocycles. The van der Waals surface area contributed by atoms with Crippen LogP contribution in [0.3, 0.4) is 0 Å². The van der Waals surface area contributed by atoms with Crippen molar-refractivity contribution in [2.75, 3.05) is 13.6 Å². The zero-order valence-electron chi connectivity index (χ0n) is 8.90. The molecule has 0 unspecified atom stereocenters. The van der Waals surface area contributed by atoms with Crippen molar-refractivity contribution in [1.29, 1.82) is 0 Å². The highest BCUT2D eigenvalue weighted by molar-refractivity contribution is 7.14. The van der Waals surface area contributed by atoms with Crippen LogP contribution in [0.2, 0.25) is 0 Å². The van der Waals surface area contributed by atoms with Crippen molar-refractivity contribution in [3.8, 4) is 0 Å². The number of rotatable bonds is 3. The lowest BCUT2D eigenvalue weighted by Gasteiger charge is -2.12. The average Bonchev–Trinajstić information content (AvgIpc) is 2.44. The fraction of sp³-hybridized carbons (Fsp3) is 0.400. The van der Waals surface area contributed by atoms with Gasteiger partial charge in [-0.1, -0.05) is 0 Å². The van der Waals surface area contributed by atoms with Gasteiger partial charge in [0, 0.05) is 11.9 Å². The van der Waals surface area contributed by atoms with Gasteiger partial charge in [0.2, 0.25) is 0 Å². The molecule has 5 heteroatoms. The zero-order chi connectivity index (χ0) is 11.6. The van der Waals surface area contributed by atoms with Gasteiger partial charge in [-0.25, -0.2) is 0 Å². The summed E-state index contributed by atoms with van der Waals surface area (Å²) >= 11 is 1.39. The normalized spacial score (nSPS) is 10.1. The number of amides is 1. The van der Waals surface area contributed by atoms with E-state index in [1.165, 1.54) is 23.3 Å². The van der Waals surface area contributed by atoms with Crippen molar-refractivity contribution in [3.63, 3.8) is 0 Å². The van der Waals surface area contributed by atoms with Crippen molar-refractivity contribution in [3.05, 3.63) is 21.4 Å². The molecule has 0 saturated heterocycles. The number of hydrogen-bond acceptors (Lipinski definition) is 3. The van der Waals surface area contributed by atoms with Crippen LogP contribution in [0.15, 0.2) is 6.07 Å². The zero-order valence-corrected chi connectivity index (χ0v) is 9.72. The average molecular weight is 227 g/mol. The van der Waals surface area contributed by atoms with E-state index < -0.39 is 5.97 Å². The molecule has 0 aliphatic rings. The van der Waals surface area contributed by atoms with Gasteiger partial charge in [-0.3, -0.25) is 9.59 Å². The first-order valence-corrected chi connectivity index (χ1v) is 5.27. The number of aliphatic carboxylic acids is 1. The molecule has 0 aromatic carbocycles. The van der Waals surface area contributed by atoms with Crippen LogP contribution in [0, 0.1) is 13.8 Å². The van der Waals surface area contributed by atoms with E-state index in [0.29, 0.717) is 4.88 Å². The summed E-state index contributed by atoms with van der Waals surface area (Å²) in [6, 6.07) is 1.79. The highest BCUT2D eigenvalue weighted by Gasteiger charge is 2.16. The van der Waals surface area contributed by atoms with E-state index in [1.807, 2.05) is 13.8 Å². The molecule has 0 atom stereocenters. The van der Waals surface area contributed by atoms with Crippen LogP contribution < -0.4 is 0 Å². The van der Waals surface area contributed by atoms with Crippen LogP contribution in [0.5, 0.6) is 0 Å². The number of nitrogens with zero attached hydrogens (tertiary/aromatic N) is 1. The molecule has 0 fully saturated rings. The smallest absolute Gasteiger partial charge is 0.323 e. The summed E-state index contributed by atoms with van der Waals surface area (Å²) in [7, 11) is 1.49. The molecule has 1 heterocycles. The van der Waals surface area contributed by atoms with Gasteiger partial charge in [0.1, 0.15) is 6.54 Å². The van der Waals surface area contributed by atoms with Crippen molar-refractivity contribution in [2.24, 2.45) is 0 Å². The Hall–Kier alpha value is -1.36. The van der Waals surface area contributed by atoms with Gasteiger partial charge in [-0.15, -0.1) is 11.3 Å². The molecule has 0 bridgehead atoms. The minimum atomic E-state index is -1.00. The summed E-state index contributed by atoms with van der Waals surface area (Å²) in [5.41, 5.74) is 1.06. The molecule has 0 radical (unpaired) electrons. The highest BCUT2D eigenvalue weighted by atomic mass is 32.1. The van der Waals surface area contributed by atoms with Crippen molar-refractivity contribution in [2.45, 2.75) is 13.8 Å². The third-order valence-electron chi connectivity index (χ3n) is 2.10. The number of carboxylic acid groups (broad SMARTS) is 1. The lowest BCUT2D eigenvalue weighted by atomic mass is 10.3. The number of hydrogen-bond donors (Lipinski definition) is 1. The molecule has 0 spiro atoms. The Morgan fingerprint density at radius 1 is 1.47 bits per heavy atom. The second-order valence-electron chi connectivity index (χ2n) is 3.40. The maximum Gasteiger partial charge on any atom is 0.323 e. The van der Waals surface area contributed by atoms with Crippen LogP contribution in [0.4, 0.5) is 0 Å². The SMILES string of the molecule is Cc1cc(C(=O)N(C)CC(=O)O)sc1C. The molecule has 4 nitrogen and oxygen atoms in total. The molecule has 82 valence electrons. The first-order chi connectivity index (χ1) is 6.91. The lowest BCUT2D eigenvalue weighted by molar-refractivity contribution is -0.137. The molecular weight excluding hydrogens is 214 g/mol. The third-order valence-corrected chi connectivity index (χ3v) is 3.24. The van der Waals surface area contributed by atoms with Crippen molar-refractivity contribution in [1.82, 2.24) is 4.90 Å². The van der Waals surface area contributed by atoms with Crippen LogP contribution in [-0.4, -0.2) is 35.5 Å². The Morgan fingerprint density at radius 2 is 2.07 bits per heavy atom. The van der Waals surface area contributed by atoms with Gasteiger partial charge in [0.25, 0.3) is 5.91 Å². The molecule has 1 N–H and O–H groups in total. The summed E-state index contributed by atoms with van der Waals surface area (Å²) in [6.45, 7) is 3.60. The molecule has 0 aliphatic heterocycles. The van der Waals surface area contributed by atoms with E-state index in [-0.39, 0.29) is 12.5 Å². The van der Waals surface area contributed by atoms with Gasteiger partial charge in [-0.05, 0) is 25.5 Å². The van der Waals surface area contributed by atoms with Gasteiger partial charge in [0.05, 0.1) is 4.88 Å². The third kappa shape index (κ3) is 2.79. The van der Waals surface area contributed by atoms with Gasteiger partial charge in [0.15, 0.2) is 0 Å². The quantitative estimate of drug-likeness (QED) is 0.851. The fourth-order valence-corrected chi connectivity index (χ4v) is 2.17. The maximum atomic E-state index is 11.7. The molecule has 1 aromatic heterocycles. The maximum absolute atomic E-state index is 11.7. The molecular formula is C10H13NO3S. The first kappa shape index (κ1) is 11.7. The van der Waals surface area contributed by atoms with Crippen molar-refractivity contribution < 1.29 is 14.7 Å². The summed E-state index contributed by atoms with van der Waals surface area (Å²) in [4.78, 5) is 25.0. The fourth-order valence-electron chi connectivity index (χ4n) is 1.14. The van der Waals surface area contributed by atoms with Gasteiger partial charge < -0.3 is 10.0 Å². The van der Waals surface area contributed by atoms with E-state index in [4.69, 9.17) is 5.11 Å². The predicted octanol–water partition coefficient (Wildman–Crippen LogP) is 1.52. The van der Waals surface area contributed by atoms with E-state index in [1.54, 1.807) is 6.07 Å². The highest BCUT2D eigenvalue weighted by Crippen LogP contribution is 2.21. The Kier molecular flexibility index (Phi) is 3.47. The van der Waals surface area contributed by atoms with Crippen LogP contribution >= 0.6 is 11.3 Å². The van der Waals surface area contributed by atoms with Gasteiger partial charge >= 0.3 is 5.97 Å².